The summed E-state index contributed by atoms with van der Waals surface area (Å²) < 4.78 is 12.4. The lowest BCUT2D eigenvalue weighted by atomic mass is 9.95. The van der Waals surface area contributed by atoms with Gasteiger partial charge in [0.05, 0.1) is 19.3 Å². The summed E-state index contributed by atoms with van der Waals surface area (Å²) in [4.78, 5) is 7.13. The van der Waals surface area contributed by atoms with Gasteiger partial charge in [-0.15, -0.1) is 0 Å². The monoisotopic (exact) mass is 481 g/mol. The van der Waals surface area contributed by atoms with E-state index in [0.29, 0.717) is 12.6 Å². The van der Waals surface area contributed by atoms with E-state index in [1.54, 1.807) is 0 Å². The van der Waals surface area contributed by atoms with Crippen LogP contribution in [-0.4, -0.2) is 98.5 Å². The number of likely N-dealkylation sites (tertiary alicyclic amines) is 2. The second-order valence-electron chi connectivity index (χ2n) is 10.4. The fraction of sp³-hybridized carbons (Fsp3) is 0.586. The van der Waals surface area contributed by atoms with Crippen LogP contribution in [0.25, 0.3) is 11.1 Å². The Hall–Kier alpha value is -2.12. The third kappa shape index (κ3) is 6.76. The summed E-state index contributed by atoms with van der Waals surface area (Å²) in [5.74, 6) is 1.91. The van der Waals surface area contributed by atoms with Gasteiger partial charge in [0.1, 0.15) is 11.5 Å². The van der Waals surface area contributed by atoms with Gasteiger partial charge in [-0.1, -0.05) is 24.3 Å². The molecule has 2 aliphatic heterocycles. The Balaban J connectivity index is 1.29. The Bertz CT molecular complexity index is 958. The molecule has 0 unspecified atom stereocenters. The highest BCUT2D eigenvalue weighted by Crippen LogP contribution is 2.35. The van der Waals surface area contributed by atoms with E-state index in [2.05, 4.69) is 79.0 Å². The number of hydrogen-bond donors (Lipinski definition) is 1. The number of β-amino-alcohol motifs (C(OH)–C–C–N with tert-alkyl or cyclic N) is 1. The van der Waals surface area contributed by atoms with Crippen molar-refractivity contribution in [1.82, 2.24) is 14.7 Å². The van der Waals surface area contributed by atoms with Crippen LogP contribution in [0, 0.1) is 13.8 Å². The predicted octanol–water partition coefficient (Wildman–Crippen LogP) is 3.82. The average Bonchev–Trinajstić information content (AvgIpc) is 3.22. The van der Waals surface area contributed by atoms with Crippen molar-refractivity contribution in [1.29, 1.82) is 0 Å². The van der Waals surface area contributed by atoms with Gasteiger partial charge in [0, 0.05) is 45.3 Å². The van der Waals surface area contributed by atoms with Crippen molar-refractivity contribution in [2.24, 2.45) is 0 Å². The number of ether oxygens (including phenoxy) is 2. The highest BCUT2D eigenvalue weighted by atomic mass is 16.5. The summed E-state index contributed by atoms with van der Waals surface area (Å²) in [6.07, 6.45) is 2.74. The average molecular weight is 482 g/mol. The Morgan fingerprint density at radius 3 is 1.86 bits per heavy atom. The minimum atomic E-state index is -0.158. The molecule has 2 saturated heterocycles. The van der Waals surface area contributed by atoms with E-state index in [1.807, 2.05) is 0 Å². The molecule has 0 spiro atoms. The van der Waals surface area contributed by atoms with Gasteiger partial charge >= 0.3 is 0 Å². The van der Waals surface area contributed by atoms with Crippen molar-refractivity contribution in [2.75, 3.05) is 66.6 Å². The third-order valence-electron chi connectivity index (χ3n) is 7.53. The molecule has 2 heterocycles. The lowest BCUT2D eigenvalue weighted by Gasteiger charge is -2.42. The molecule has 0 aromatic heterocycles. The summed E-state index contributed by atoms with van der Waals surface area (Å²) in [6, 6.07) is 13.4. The zero-order chi connectivity index (χ0) is 24.8. The quantitative estimate of drug-likeness (QED) is 0.465. The highest BCUT2D eigenvalue weighted by molar-refractivity contribution is 5.74. The standard InChI is InChI=1S/C29H43N3O3/c1-22-26(9-5-11-28(22)34-17-7-14-31-16-13-25(33)21-31)27-10-6-12-29(23(27)2)35-18-8-15-32-19-24(20-32)30(3)4/h5-6,9-12,24-25,33H,7-8,13-21H2,1-4H3/t25-/m1/s1. The van der Waals surface area contributed by atoms with Crippen LogP contribution in [0.3, 0.4) is 0 Å². The molecular formula is C29H43N3O3. The maximum Gasteiger partial charge on any atom is 0.122 e. The molecule has 4 rings (SSSR count). The van der Waals surface area contributed by atoms with Crippen LogP contribution in [0.15, 0.2) is 36.4 Å². The van der Waals surface area contributed by atoms with Crippen LogP contribution >= 0.6 is 0 Å². The molecule has 0 bridgehead atoms. The Labute approximate surface area is 211 Å². The molecule has 2 aliphatic rings. The Morgan fingerprint density at radius 1 is 0.829 bits per heavy atom. The van der Waals surface area contributed by atoms with Crippen molar-refractivity contribution >= 4 is 0 Å². The first-order valence-electron chi connectivity index (χ1n) is 13.2. The fourth-order valence-electron chi connectivity index (χ4n) is 5.13. The van der Waals surface area contributed by atoms with Crippen LogP contribution in [0.2, 0.25) is 0 Å². The van der Waals surface area contributed by atoms with E-state index < -0.39 is 0 Å². The van der Waals surface area contributed by atoms with Gasteiger partial charge in [-0.05, 0) is 81.6 Å². The van der Waals surface area contributed by atoms with E-state index in [9.17, 15) is 5.11 Å². The van der Waals surface area contributed by atoms with Crippen LogP contribution in [-0.2, 0) is 0 Å². The van der Waals surface area contributed by atoms with E-state index in [0.717, 1.165) is 69.1 Å². The first-order chi connectivity index (χ1) is 16.9. The number of hydrogen-bond acceptors (Lipinski definition) is 6. The van der Waals surface area contributed by atoms with Crippen LogP contribution < -0.4 is 9.47 Å². The van der Waals surface area contributed by atoms with E-state index in [-0.39, 0.29) is 6.10 Å². The largest absolute Gasteiger partial charge is 0.493 e. The second kappa shape index (κ2) is 12.2. The Kier molecular flexibility index (Phi) is 9.06. The number of likely N-dealkylation sites (N-methyl/N-ethyl adjacent to an activating group) is 1. The lowest BCUT2D eigenvalue weighted by molar-refractivity contribution is 0.0595. The smallest absolute Gasteiger partial charge is 0.122 e. The van der Waals surface area contributed by atoms with Gasteiger partial charge in [0.15, 0.2) is 0 Å². The number of nitrogens with zero attached hydrogens (tertiary/aromatic N) is 3. The lowest BCUT2D eigenvalue weighted by Crippen LogP contribution is -2.57. The van der Waals surface area contributed by atoms with Gasteiger partial charge in [0.25, 0.3) is 0 Å². The molecule has 1 atom stereocenters. The van der Waals surface area contributed by atoms with Crippen molar-refractivity contribution < 1.29 is 14.6 Å². The van der Waals surface area contributed by atoms with Crippen molar-refractivity contribution in [3.63, 3.8) is 0 Å². The highest BCUT2D eigenvalue weighted by Gasteiger charge is 2.27. The molecule has 6 nitrogen and oxygen atoms in total. The molecule has 0 aliphatic carbocycles. The Morgan fingerprint density at radius 2 is 1.37 bits per heavy atom. The summed E-state index contributed by atoms with van der Waals surface area (Å²) in [5.41, 5.74) is 4.74. The summed E-state index contributed by atoms with van der Waals surface area (Å²) in [6.45, 7) is 11.9. The van der Waals surface area contributed by atoms with E-state index in [1.165, 1.54) is 29.8 Å². The first kappa shape index (κ1) is 26.0. The molecule has 1 N–H and O–H groups in total. The van der Waals surface area contributed by atoms with Crippen molar-refractivity contribution in [3.8, 4) is 22.6 Å². The molecule has 2 fully saturated rings. The number of benzene rings is 2. The maximum atomic E-state index is 9.69. The maximum absolute atomic E-state index is 9.69. The number of aliphatic hydroxyl groups excluding tert-OH is 1. The molecule has 6 heteroatoms. The van der Waals surface area contributed by atoms with E-state index >= 15 is 0 Å². The summed E-state index contributed by atoms with van der Waals surface area (Å²) in [5, 5.41) is 9.69. The molecular weight excluding hydrogens is 438 g/mol. The number of rotatable bonds is 12. The normalized spacial score (nSPS) is 19.3. The number of aliphatic hydroxyl groups is 1. The van der Waals surface area contributed by atoms with Crippen LogP contribution in [0.5, 0.6) is 11.5 Å². The molecule has 35 heavy (non-hydrogen) atoms. The molecule has 0 saturated carbocycles. The zero-order valence-electron chi connectivity index (χ0n) is 22.0. The third-order valence-corrected chi connectivity index (χ3v) is 7.53. The van der Waals surface area contributed by atoms with Gasteiger partial charge in [0.2, 0.25) is 0 Å². The predicted molar refractivity (Wildman–Crippen MR) is 143 cm³/mol. The summed E-state index contributed by atoms with van der Waals surface area (Å²) in [7, 11) is 4.32. The first-order valence-corrected chi connectivity index (χ1v) is 13.2. The van der Waals surface area contributed by atoms with Crippen LogP contribution in [0.1, 0.15) is 30.4 Å². The van der Waals surface area contributed by atoms with Crippen LogP contribution in [0.4, 0.5) is 0 Å². The molecule has 0 radical (unpaired) electrons. The summed E-state index contributed by atoms with van der Waals surface area (Å²) >= 11 is 0. The van der Waals surface area contributed by atoms with Gasteiger partial charge in [-0.3, -0.25) is 4.90 Å². The molecule has 192 valence electrons. The van der Waals surface area contributed by atoms with Crippen molar-refractivity contribution in [3.05, 3.63) is 47.5 Å². The zero-order valence-corrected chi connectivity index (χ0v) is 22.0. The van der Waals surface area contributed by atoms with Gasteiger partial charge < -0.3 is 24.4 Å². The topological polar surface area (TPSA) is 48.4 Å². The van der Waals surface area contributed by atoms with Crippen molar-refractivity contribution in [2.45, 2.75) is 45.3 Å². The molecule has 0 amide bonds. The van der Waals surface area contributed by atoms with Gasteiger partial charge in [-0.2, -0.15) is 0 Å². The van der Waals surface area contributed by atoms with E-state index in [4.69, 9.17) is 9.47 Å². The second-order valence-corrected chi connectivity index (χ2v) is 10.4. The minimum absolute atomic E-state index is 0.158. The SMILES string of the molecule is Cc1c(OCCCN2CC(N(C)C)C2)cccc1-c1cccc(OCCCN2CC[C@@H](O)C2)c1C. The van der Waals surface area contributed by atoms with Gasteiger partial charge in [-0.25, -0.2) is 0 Å². The molecule has 2 aromatic carbocycles. The fourth-order valence-corrected chi connectivity index (χ4v) is 5.13. The molecule has 2 aromatic rings. The minimum Gasteiger partial charge on any atom is -0.493 e.